The molecular weight excluding hydrogens is 80.0 g/mol. The van der Waals surface area contributed by atoms with Gasteiger partial charge in [-0.05, 0) is 7.05 Å². The van der Waals surface area contributed by atoms with E-state index < -0.39 is 0 Å². The molecule has 3 heteroatoms. The van der Waals surface area contributed by atoms with Gasteiger partial charge in [-0.2, -0.15) is 0 Å². The number of nitrogens with zero attached hydrogens (tertiary/aromatic N) is 1. The second-order valence-corrected chi connectivity index (χ2v) is 1.47. The molecule has 0 radical (unpaired) electrons. The molecule has 0 aliphatic carbocycles. The highest BCUT2D eigenvalue weighted by molar-refractivity contribution is 4.81. The van der Waals surface area contributed by atoms with Gasteiger partial charge in [-0.1, -0.05) is 0 Å². The van der Waals surface area contributed by atoms with Gasteiger partial charge in [-0.3, -0.25) is 5.32 Å². The van der Waals surface area contributed by atoms with Crippen LogP contribution in [0.1, 0.15) is 0 Å². The minimum Gasteiger partial charge on any atom is -0.784 e. The number of hydroxylamine groups is 2. The Hall–Kier alpha value is -0.120. The fourth-order valence-electron chi connectivity index (χ4n) is 0.310. The molecule has 1 saturated heterocycles. The van der Waals surface area contributed by atoms with Crippen LogP contribution in [0.2, 0.25) is 0 Å². The first-order valence-electron chi connectivity index (χ1n) is 1.94. The summed E-state index contributed by atoms with van der Waals surface area (Å²) < 4.78 is 0. The maximum Gasteiger partial charge on any atom is 0.0610 e. The van der Waals surface area contributed by atoms with Crippen molar-refractivity contribution in [2.24, 2.45) is 0 Å². The number of hydrogen-bond donors (Lipinski definition) is 1. The third-order valence-corrected chi connectivity index (χ3v) is 0.826. The molecule has 0 amide bonds. The summed E-state index contributed by atoms with van der Waals surface area (Å²) in [7, 11) is 1.52. The van der Waals surface area contributed by atoms with Crippen LogP contribution < -0.4 is 5.32 Å². The molecule has 0 aromatic rings. The smallest absolute Gasteiger partial charge is 0.0610 e. The van der Waals surface area contributed by atoms with E-state index in [2.05, 4.69) is 5.32 Å². The third kappa shape index (κ3) is 0.680. The van der Waals surface area contributed by atoms with Crippen molar-refractivity contribution in [3.63, 3.8) is 0 Å². The molecule has 0 spiro atoms. The highest BCUT2D eigenvalue weighted by Crippen LogP contribution is 1.97. The molecular formula is C3H7N2O-. The number of nitrogens with one attached hydrogen (secondary N) is 1. The summed E-state index contributed by atoms with van der Waals surface area (Å²) in [6.07, 6.45) is 0.130. The minimum atomic E-state index is 0.130. The molecule has 1 fully saturated rings. The fraction of sp³-hybridized carbons (Fsp3) is 1.00. The molecule has 1 aliphatic heterocycles. The average Bonchev–Trinajstić information content (AvgIpc) is 2.06. The van der Waals surface area contributed by atoms with E-state index in [4.69, 9.17) is 0 Å². The van der Waals surface area contributed by atoms with Gasteiger partial charge in [0, 0.05) is 6.54 Å². The minimum absolute atomic E-state index is 0.130. The quantitative estimate of drug-likeness (QED) is 0.341. The highest BCUT2D eigenvalue weighted by atomic mass is 16.5. The van der Waals surface area contributed by atoms with E-state index in [1.807, 2.05) is 0 Å². The molecule has 0 bridgehead atoms. The van der Waals surface area contributed by atoms with Gasteiger partial charge in [0.2, 0.25) is 0 Å². The normalized spacial score (nSPS) is 31.5. The first-order chi connectivity index (χ1) is 2.80. The SMILES string of the molecule is CN([O-])C1CN1. The summed E-state index contributed by atoms with van der Waals surface area (Å²) >= 11 is 0. The second kappa shape index (κ2) is 1.18. The van der Waals surface area contributed by atoms with Gasteiger partial charge in [0.25, 0.3) is 0 Å². The summed E-state index contributed by atoms with van der Waals surface area (Å²) in [5.74, 6) is 0. The Kier molecular flexibility index (Phi) is 0.799. The molecule has 1 atom stereocenters. The molecule has 1 heterocycles. The predicted molar refractivity (Wildman–Crippen MR) is 22.9 cm³/mol. The van der Waals surface area contributed by atoms with Crippen LogP contribution in [-0.2, 0) is 0 Å². The first-order valence-corrected chi connectivity index (χ1v) is 1.94. The zero-order valence-corrected chi connectivity index (χ0v) is 3.64. The van der Waals surface area contributed by atoms with E-state index >= 15 is 0 Å². The average molecular weight is 87.1 g/mol. The first kappa shape index (κ1) is 4.05. The lowest BCUT2D eigenvalue weighted by Crippen LogP contribution is -2.15. The molecule has 0 aromatic carbocycles. The Morgan fingerprint density at radius 3 is 2.50 bits per heavy atom. The van der Waals surface area contributed by atoms with Crippen LogP contribution in [0.25, 0.3) is 0 Å². The Labute approximate surface area is 36.5 Å². The molecule has 0 aromatic heterocycles. The Balaban J connectivity index is 2.13. The summed E-state index contributed by atoms with van der Waals surface area (Å²) in [6.45, 7) is 0.861. The van der Waals surface area contributed by atoms with Gasteiger partial charge in [-0.15, -0.1) is 0 Å². The van der Waals surface area contributed by atoms with E-state index in [1.165, 1.54) is 7.05 Å². The van der Waals surface area contributed by atoms with Gasteiger partial charge in [0.1, 0.15) is 0 Å². The number of hydrogen-bond acceptors (Lipinski definition) is 3. The molecule has 1 unspecified atom stereocenters. The van der Waals surface area contributed by atoms with Gasteiger partial charge >= 0.3 is 0 Å². The number of rotatable bonds is 1. The van der Waals surface area contributed by atoms with Crippen LogP contribution in [0.3, 0.4) is 0 Å². The zero-order valence-electron chi connectivity index (χ0n) is 3.64. The number of likely N-dealkylation sites (N-methyl/N-ethyl adjacent to an activating group) is 1. The van der Waals surface area contributed by atoms with Crippen LogP contribution in [0, 0.1) is 5.21 Å². The molecule has 1 N–H and O–H groups in total. The van der Waals surface area contributed by atoms with E-state index in [0.717, 1.165) is 11.6 Å². The van der Waals surface area contributed by atoms with Gasteiger partial charge in [0.15, 0.2) is 0 Å². The van der Waals surface area contributed by atoms with E-state index in [-0.39, 0.29) is 6.17 Å². The fourth-order valence-corrected chi connectivity index (χ4v) is 0.310. The summed E-state index contributed by atoms with van der Waals surface area (Å²) in [6, 6.07) is 0. The standard InChI is InChI=1S/C3H7N2O/c1-5(6)3-2-4-3/h3-4H,2H2,1H3/q-1. The van der Waals surface area contributed by atoms with Gasteiger partial charge < -0.3 is 10.3 Å². The summed E-state index contributed by atoms with van der Waals surface area (Å²) in [5, 5.41) is 13.8. The van der Waals surface area contributed by atoms with Crippen LogP contribution in [-0.4, -0.2) is 24.8 Å². The highest BCUT2D eigenvalue weighted by Gasteiger charge is 2.17. The summed E-state index contributed by atoms with van der Waals surface area (Å²) in [4.78, 5) is 0. The maximum atomic E-state index is 10.1. The van der Waals surface area contributed by atoms with Crippen molar-refractivity contribution >= 4 is 0 Å². The van der Waals surface area contributed by atoms with Crippen molar-refractivity contribution in [3.8, 4) is 0 Å². The Bertz CT molecular complexity index is 50.8. The summed E-state index contributed by atoms with van der Waals surface area (Å²) in [5.41, 5.74) is 0. The van der Waals surface area contributed by atoms with Crippen molar-refractivity contribution in [2.75, 3.05) is 13.6 Å². The molecule has 6 heavy (non-hydrogen) atoms. The maximum absolute atomic E-state index is 10.1. The largest absolute Gasteiger partial charge is 0.784 e. The monoisotopic (exact) mass is 87.1 g/mol. The van der Waals surface area contributed by atoms with Gasteiger partial charge in [0.05, 0.1) is 6.17 Å². The van der Waals surface area contributed by atoms with Crippen molar-refractivity contribution in [1.29, 1.82) is 0 Å². The zero-order chi connectivity index (χ0) is 4.57. The van der Waals surface area contributed by atoms with E-state index in [0.29, 0.717) is 0 Å². The molecule has 1 rings (SSSR count). The lowest BCUT2D eigenvalue weighted by molar-refractivity contribution is 0.443. The molecule has 3 nitrogen and oxygen atoms in total. The lowest BCUT2D eigenvalue weighted by atomic mass is 10.8. The van der Waals surface area contributed by atoms with Crippen molar-refractivity contribution in [3.05, 3.63) is 5.21 Å². The van der Waals surface area contributed by atoms with Crippen LogP contribution >= 0.6 is 0 Å². The molecule has 1 aliphatic rings. The van der Waals surface area contributed by atoms with Gasteiger partial charge in [-0.25, -0.2) is 0 Å². The molecule has 0 saturated carbocycles. The molecule has 36 valence electrons. The van der Waals surface area contributed by atoms with E-state index in [1.54, 1.807) is 0 Å². The van der Waals surface area contributed by atoms with Crippen LogP contribution in [0.4, 0.5) is 0 Å². The van der Waals surface area contributed by atoms with E-state index in [9.17, 15) is 5.21 Å². The van der Waals surface area contributed by atoms with Crippen molar-refractivity contribution in [2.45, 2.75) is 6.17 Å². The van der Waals surface area contributed by atoms with Crippen molar-refractivity contribution < 1.29 is 0 Å². The third-order valence-electron chi connectivity index (χ3n) is 0.826. The Morgan fingerprint density at radius 2 is 2.50 bits per heavy atom. The predicted octanol–water partition coefficient (Wildman–Crippen LogP) is -0.655. The Morgan fingerprint density at radius 1 is 2.00 bits per heavy atom. The second-order valence-electron chi connectivity index (χ2n) is 1.47. The topological polar surface area (TPSA) is 48.2 Å². The van der Waals surface area contributed by atoms with Crippen molar-refractivity contribution in [1.82, 2.24) is 10.4 Å². The van der Waals surface area contributed by atoms with Crippen LogP contribution in [0.15, 0.2) is 0 Å². The van der Waals surface area contributed by atoms with Crippen LogP contribution in [0.5, 0.6) is 0 Å². The lowest BCUT2D eigenvalue weighted by Gasteiger charge is -2.18.